The molecule has 9 nitrogen and oxygen atoms in total. The number of aromatic nitrogens is 2. The van der Waals surface area contributed by atoms with Crippen molar-refractivity contribution in [2.45, 2.75) is 38.1 Å². The van der Waals surface area contributed by atoms with E-state index in [1.807, 2.05) is 0 Å². The summed E-state index contributed by atoms with van der Waals surface area (Å²) in [5.74, 6) is 0.923. The zero-order valence-corrected chi connectivity index (χ0v) is 18.6. The molecule has 1 N–H and O–H groups in total. The highest BCUT2D eigenvalue weighted by Gasteiger charge is 2.32. The monoisotopic (exact) mass is 437 g/mol. The van der Waals surface area contributed by atoms with Crippen molar-refractivity contribution in [2.75, 3.05) is 53.5 Å². The normalized spacial score (nSPS) is 24.0. The molecule has 0 saturated carbocycles. The standard InChI is InChI=1S/C20H31N5O4S/c1-23(2)30(27,28)25-9-7-18-17(13-25)20(26)22-19(21-18)16-6-3-8-24(12-16)11-15-5-4-10-29-14-15/h5,16H,3-4,6-14H2,1-2H3,(H,21,22,26). The van der Waals surface area contributed by atoms with E-state index in [1.165, 1.54) is 28.3 Å². The molecule has 1 aromatic rings. The van der Waals surface area contributed by atoms with Crippen LogP contribution in [-0.4, -0.2) is 85.4 Å². The van der Waals surface area contributed by atoms with E-state index in [-0.39, 0.29) is 18.0 Å². The fourth-order valence-corrected chi connectivity index (χ4v) is 5.55. The van der Waals surface area contributed by atoms with Crippen LogP contribution < -0.4 is 5.56 Å². The van der Waals surface area contributed by atoms with Crippen molar-refractivity contribution in [3.63, 3.8) is 0 Å². The summed E-state index contributed by atoms with van der Waals surface area (Å²) in [4.78, 5) is 23.0. The number of H-pyrrole nitrogens is 1. The van der Waals surface area contributed by atoms with E-state index >= 15 is 0 Å². The molecule has 4 rings (SSSR count). The number of rotatable bonds is 5. The van der Waals surface area contributed by atoms with Gasteiger partial charge in [-0.1, -0.05) is 6.08 Å². The number of piperidine rings is 1. The van der Waals surface area contributed by atoms with Crippen LogP contribution in [0.1, 0.15) is 42.3 Å². The lowest BCUT2D eigenvalue weighted by molar-refractivity contribution is 0.137. The van der Waals surface area contributed by atoms with Crippen LogP contribution in [0.4, 0.5) is 0 Å². The summed E-state index contributed by atoms with van der Waals surface area (Å²) in [5, 5.41) is 0. The third-order valence-corrected chi connectivity index (χ3v) is 8.03. The summed E-state index contributed by atoms with van der Waals surface area (Å²) >= 11 is 0. The molecule has 166 valence electrons. The van der Waals surface area contributed by atoms with Gasteiger partial charge in [0.05, 0.1) is 24.5 Å². The summed E-state index contributed by atoms with van der Waals surface area (Å²) in [5.41, 5.74) is 2.32. The van der Waals surface area contributed by atoms with Crippen LogP contribution in [0.2, 0.25) is 0 Å². The van der Waals surface area contributed by atoms with Crippen molar-refractivity contribution in [3.05, 3.63) is 39.1 Å². The SMILES string of the molecule is CN(C)S(=O)(=O)N1CCc2nc(C3CCCN(CC4=CCCOC4)C3)[nH]c(=O)c2C1. The van der Waals surface area contributed by atoms with Gasteiger partial charge in [0, 0.05) is 52.6 Å². The van der Waals surface area contributed by atoms with Crippen LogP contribution in [0.3, 0.4) is 0 Å². The lowest BCUT2D eigenvalue weighted by atomic mass is 9.96. The van der Waals surface area contributed by atoms with Gasteiger partial charge in [-0.05, 0) is 31.4 Å². The number of hydrogen-bond donors (Lipinski definition) is 1. The van der Waals surface area contributed by atoms with E-state index in [2.05, 4.69) is 16.0 Å². The molecule has 1 atom stereocenters. The van der Waals surface area contributed by atoms with Crippen molar-refractivity contribution in [1.82, 2.24) is 23.5 Å². The lowest BCUT2D eigenvalue weighted by Crippen LogP contribution is -2.45. The Morgan fingerprint density at radius 3 is 2.90 bits per heavy atom. The van der Waals surface area contributed by atoms with Crippen molar-refractivity contribution in [3.8, 4) is 0 Å². The predicted octanol–water partition coefficient (Wildman–Crippen LogP) is 0.461. The molecule has 1 saturated heterocycles. The number of fused-ring (bicyclic) bond motifs is 1. The molecule has 0 amide bonds. The van der Waals surface area contributed by atoms with Gasteiger partial charge in [0.15, 0.2) is 0 Å². The molecule has 4 heterocycles. The maximum atomic E-state index is 12.8. The van der Waals surface area contributed by atoms with Crippen LogP contribution in [0, 0.1) is 0 Å². The molecule has 3 aliphatic heterocycles. The number of aromatic amines is 1. The van der Waals surface area contributed by atoms with Gasteiger partial charge in [-0.25, -0.2) is 4.98 Å². The van der Waals surface area contributed by atoms with Gasteiger partial charge in [0.2, 0.25) is 0 Å². The third kappa shape index (κ3) is 4.52. The first-order chi connectivity index (χ1) is 14.3. The first-order valence-corrected chi connectivity index (χ1v) is 12.0. The molecular formula is C20H31N5O4S. The zero-order valence-electron chi connectivity index (χ0n) is 17.8. The van der Waals surface area contributed by atoms with E-state index in [0.29, 0.717) is 25.1 Å². The number of hydrogen-bond acceptors (Lipinski definition) is 6. The Hall–Kier alpha value is -1.59. The smallest absolute Gasteiger partial charge is 0.281 e. The second-order valence-corrected chi connectivity index (χ2v) is 10.7. The molecule has 0 aliphatic carbocycles. The van der Waals surface area contributed by atoms with Gasteiger partial charge in [-0.15, -0.1) is 0 Å². The van der Waals surface area contributed by atoms with Gasteiger partial charge >= 0.3 is 0 Å². The van der Waals surface area contributed by atoms with E-state index in [0.717, 1.165) is 57.0 Å². The molecular weight excluding hydrogens is 406 g/mol. The Balaban J connectivity index is 1.49. The molecule has 1 unspecified atom stereocenters. The Kier molecular flexibility index (Phi) is 6.40. The zero-order chi connectivity index (χ0) is 21.3. The first kappa shape index (κ1) is 21.6. The molecule has 0 spiro atoms. The number of nitrogens with one attached hydrogen (secondary N) is 1. The van der Waals surface area contributed by atoms with Crippen molar-refractivity contribution in [2.24, 2.45) is 0 Å². The van der Waals surface area contributed by atoms with E-state index < -0.39 is 10.2 Å². The Morgan fingerprint density at radius 1 is 1.33 bits per heavy atom. The highest BCUT2D eigenvalue weighted by Crippen LogP contribution is 2.26. The fraction of sp³-hybridized carbons (Fsp3) is 0.700. The van der Waals surface area contributed by atoms with Gasteiger partial charge < -0.3 is 9.72 Å². The topological polar surface area (TPSA) is 98.8 Å². The Morgan fingerprint density at radius 2 is 2.17 bits per heavy atom. The summed E-state index contributed by atoms with van der Waals surface area (Å²) in [6, 6.07) is 0. The maximum Gasteiger partial charge on any atom is 0.281 e. The molecule has 1 aromatic heterocycles. The van der Waals surface area contributed by atoms with E-state index in [9.17, 15) is 13.2 Å². The number of ether oxygens (including phenoxy) is 1. The number of likely N-dealkylation sites (tertiary alicyclic amines) is 1. The molecule has 0 bridgehead atoms. The molecule has 0 aromatic carbocycles. The molecule has 3 aliphatic rings. The van der Waals surface area contributed by atoms with Crippen LogP contribution >= 0.6 is 0 Å². The second-order valence-electron chi connectivity index (χ2n) is 8.53. The summed E-state index contributed by atoms with van der Waals surface area (Å²) < 4.78 is 32.9. The quantitative estimate of drug-likeness (QED) is 0.672. The minimum Gasteiger partial charge on any atom is -0.377 e. The lowest BCUT2D eigenvalue weighted by Gasteiger charge is -2.34. The van der Waals surface area contributed by atoms with Crippen LogP contribution in [0.25, 0.3) is 0 Å². The van der Waals surface area contributed by atoms with Crippen LogP contribution in [0.5, 0.6) is 0 Å². The van der Waals surface area contributed by atoms with E-state index in [4.69, 9.17) is 9.72 Å². The Labute approximate surface area is 177 Å². The number of nitrogens with zero attached hydrogens (tertiary/aromatic N) is 4. The van der Waals surface area contributed by atoms with Gasteiger partial charge in [0.1, 0.15) is 5.82 Å². The predicted molar refractivity (Wildman–Crippen MR) is 114 cm³/mol. The van der Waals surface area contributed by atoms with Crippen molar-refractivity contribution < 1.29 is 13.2 Å². The van der Waals surface area contributed by atoms with E-state index in [1.54, 1.807) is 0 Å². The van der Waals surface area contributed by atoms with Crippen molar-refractivity contribution in [1.29, 1.82) is 0 Å². The fourth-order valence-electron chi connectivity index (χ4n) is 4.47. The maximum absolute atomic E-state index is 12.8. The first-order valence-electron chi connectivity index (χ1n) is 10.6. The highest BCUT2D eigenvalue weighted by atomic mass is 32.2. The van der Waals surface area contributed by atoms with Crippen LogP contribution in [0.15, 0.2) is 16.4 Å². The third-order valence-electron chi connectivity index (χ3n) is 6.14. The van der Waals surface area contributed by atoms with Gasteiger partial charge in [0.25, 0.3) is 15.8 Å². The second kappa shape index (κ2) is 8.88. The average molecular weight is 438 g/mol. The highest BCUT2D eigenvalue weighted by molar-refractivity contribution is 7.86. The van der Waals surface area contributed by atoms with Gasteiger partial charge in [-0.2, -0.15) is 17.0 Å². The van der Waals surface area contributed by atoms with Crippen molar-refractivity contribution >= 4 is 10.2 Å². The molecule has 0 radical (unpaired) electrons. The molecule has 10 heteroatoms. The largest absolute Gasteiger partial charge is 0.377 e. The summed E-state index contributed by atoms with van der Waals surface area (Å²) in [7, 11) is -0.546. The van der Waals surface area contributed by atoms with Gasteiger partial charge in [-0.3, -0.25) is 9.69 Å². The summed E-state index contributed by atoms with van der Waals surface area (Å²) in [6.07, 6.45) is 5.77. The Bertz CT molecular complexity index is 972. The minimum atomic E-state index is -3.55. The summed E-state index contributed by atoms with van der Waals surface area (Å²) in [6.45, 7) is 4.74. The van der Waals surface area contributed by atoms with Crippen LogP contribution in [-0.2, 0) is 27.9 Å². The molecule has 30 heavy (non-hydrogen) atoms. The average Bonchev–Trinajstić information content (AvgIpc) is 2.74. The minimum absolute atomic E-state index is 0.0728. The molecule has 1 fully saturated rings.